The summed E-state index contributed by atoms with van der Waals surface area (Å²) in [5.74, 6) is 0. The Morgan fingerprint density at radius 2 is 1.94 bits per heavy atom. The first-order chi connectivity index (χ1) is 8.37. The molecule has 0 radical (unpaired) electrons. The predicted octanol–water partition coefficient (Wildman–Crippen LogP) is 2.55. The average molecular weight is 253 g/mol. The second-order valence-electron chi connectivity index (χ2n) is 5.48. The summed E-state index contributed by atoms with van der Waals surface area (Å²) in [6.45, 7) is 6.59. The first-order valence-corrected chi connectivity index (χ1v) is 6.42. The molecule has 102 valence electrons. The molecule has 1 amide bonds. The number of amides is 1. The quantitative estimate of drug-likeness (QED) is 0.758. The highest BCUT2D eigenvalue weighted by molar-refractivity contribution is 5.96. The maximum Gasteiger partial charge on any atom is 0.407 e. The lowest BCUT2D eigenvalue weighted by Crippen LogP contribution is -2.33. The highest BCUT2D eigenvalue weighted by Gasteiger charge is 2.15. The third-order valence-corrected chi connectivity index (χ3v) is 2.55. The van der Waals surface area contributed by atoms with Crippen LogP contribution in [0.5, 0.6) is 0 Å². The molecule has 1 saturated carbocycles. The predicted molar refractivity (Wildman–Crippen MR) is 72.7 cm³/mol. The van der Waals surface area contributed by atoms with E-state index in [2.05, 4.69) is 10.3 Å². The van der Waals surface area contributed by atoms with Gasteiger partial charge >= 0.3 is 6.09 Å². The first kappa shape index (κ1) is 14.7. The van der Waals surface area contributed by atoms with Crippen LogP contribution in [-0.2, 0) is 4.74 Å². The molecule has 5 heteroatoms. The Morgan fingerprint density at radius 1 is 1.33 bits per heavy atom. The minimum atomic E-state index is -0.459. The van der Waals surface area contributed by atoms with Crippen molar-refractivity contribution < 1.29 is 9.53 Å². The standard InChI is InChI=1S/C13H23N3O2/c1-13(2,3)18-12(17)16-9-8-15-11-6-4-10(14)5-7-11/h14H,4-9H2,1-3H3,(H,16,17). The molecule has 0 saturated heterocycles. The largest absolute Gasteiger partial charge is 0.444 e. The van der Waals surface area contributed by atoms with Crippen LogP contribution in [0.15, 0.2) is 4.99 Å². The molecule has 5 nitrogen and oxygen atoms in total. The van der Waals surface area contributed by atoms with Gasteiger partial charge in [-0.25, -0.2) is 4.79 Å². The summed E-state index contributed by atoms with van der Waals surface area (Å²) in [6.07, 6.45) is 3.06. The van der Waals surface area contributed by atoms with E-state index in [4.69, 9.17) is 10.1 Å². The Hall–Kier alpha value is -1.39. The van der Waals surface area contributed by atoms with Crippen molar-refractivity contribution in [1.82, 2.24) is 5.32 Å². The zero-order valence-electron chi connectivity index (χ0n) is 11.5. The van der Waals surface area contributed by atoms with Gasteiger partial charge in [-0.05, 0) is 46.5 Å². The summed E-state index contributed by atoms with van der Waals surface area (Å²) in [6, 6.07) is 0. The number of carbonyl (C=O) groups is 1. The molecular weight excluding hydrogens is 230 g/mol. The first-order valence-electron chi connectivity index (χ1n) is 6.42. The van der Waals surface area contributed by atoms with Gasteiger partial charge in [0.15, 0.2) is 0 Å². The van der Waals surface area contributed by atoms with Crippen molar-refractivity contribution in [2.24, 2.45) is 4.99 Å². The van der Waals surface area contributed by atoms with Crippen LogP contribution in [0.3, 0.4) is 0 Å². The van der Waals surface area contributed by atoms with Crippen LogP contribution in [0.2, 0.25) is 0 Å². The Bertz CT molecular complexity index is 331. The van der Waals surface area contributed by atoms with E-state index in [9.17, 15) is 4.79 Å². The van der Waals surface area contributed by atoms with Crippen LogP contribution in [0.25, 0.3) is 0 Å². The van der Waals surface area contributed by atoms with Gasteiger partial charge in [-0.2, -0.15) is 0 Å². The summed E-state index contributed by atoms with van der Waals surface area (Å²) >= 11 is 0. The van der Waals surface area contributed by atoms with Crippen LogP contribution in [0.1, 0.15) is 46.5 Å². The molecule has 1 rings (SSSR count). The fourth-order valence-corrected chi connectivity index (χ4v) is 1.68. The van der Waals surface area contributed by atoms with Crippen molar-refractivity contribution in [3.05, 3.63) is 0 Å². The second-order valence-corrected chi connectivity index (χ2v) is 5.48. The third-order valence-electron chi connectivity index (χ3n) is 2.55. The number of nitrogens with zero attached hydrogens (tertiary/aromatic N) is 1. The summed E-state index contributed by atoms with van der Waals surface area (Å²) < 4.78 is 5.12. The molecule has 0 atom stereocenters. The fraction of sp³-hybridized carbons (Fsp3) is 0.769. The van der Waals surface area contributed by atoms with Crippen molar-refractivity contribution >= 4 is 17.5 Å². The Labute approximate surface area is 109 Å². The molecule has 18 heavy (non-hydrogen) atoms. The molecule has 0 aromatic carbocycles. The van der Waals surface area contributed by atoms with Crippen molar-refractivity contribution in [3.8, 4) is 0 Å². The SMILES string of the molecule is CC(C)(C)OC(=O)NCCN=C1CCC(=N)CC1. The van der Waals surface area contributed by atoms with E-state index in [-0.39, 0.29) is 0 Å². The second kappa shape index (κ2) is 6.52. The maximum absolute atomic E-state index is 11.3. The van der Waals surface area contributed by atoms with Gasteiger partial charge in [-0.3, -0.25) is 4.99 Å². The molecule has 0 aliphatic heterocycles. The molecule has 2 N–H and O–H groups in total. The zero-order valence-corrected chi connectivity index (χ0v) is 11.5. The molecule has 0 heterocycles. The maximum atomic E-state index is 11.3. The molecule has 0 unspecified atom stereocenters. The zero-order chi connectivity index (χ0) is 13.6. The number of hydrogen-bond acceptors (Lipinski definition) is 4. The van der Waals surface area contributed by atoms with Gasteiger partial charge in [0.25, 0.3) is 0 Å². The van der Waals surface area contributed by atoms with E-state index >= 15 is 0 Å². The summed E-state index contributed by atoms with van der Waals surface area (Å²) in [5, 5.41) is 10.2. The van der Waals surface area contributed by atoms with Gasteiger partial charge in [0.2, 0.25) is 0 Å². The summed E-state index contributed by atoms with van der Waals surface area (Å²) in [4.78, 5) is 15.8. The lowest BCUT2D eigenvalue weighted by molar-refractivity contribution is 0.0529. The normalized spacial score (nSPS) is 16.4. The molecule has 0 spiro atoms. The van der Waals surface area contributed by atoms with E-state index in [1.54, 1.807) is 0 Å². The van der Waals surface area contributed by atoms with E-state index in [1.165, 1.54) is 0 Å². The molecule has 1 aliphatic carbocycles. The topological polar surface area (TPSA) is 74.5 Å². The van der Waals surface area contributed by atoms with Crippen molar-refractivity contribution in [2.45, 2.75) is 52.1 Å². The molecular formula is C13H23N3O2. The van der Waals surface area contributed by atoms with Crippen molar-refractivity contribution in [3.63, 3.8) is 0 Å². The van der Waals surface area contributed by atoms with Crippen molar-refractivity contribution in [2.75, 3.05) is 13.1 Å². The highest BCUT2D eigenvalue weighted by atomic mass is 16.6. The van der Waals surface area contributed by atoms with Gasteiger partial charge in [-0.15, -0.1) is 0 Å². The number of rotatable bonds is 3. The number of carbonyl (C=O) groups excluding carboxylic acids is 1. The fourth-order valence-electron chi connectivity index (χ4n) is 1.68. The highest BCUT2D eigenvalue weighted by Crippen LogP contribution is 2.12. The summed E-state index contributed by atoms with van der Waals surface area (Å²) in [7, 11) is 0. The van der Waals surface area contributed by atoms with Gasteiger partial charge in [-0.1, -0.05) is 0 Å². The smallest absolute Gasteiger partial charge is 0.407 e. The number of ether oxygens (including phenoxy) is 1. The summed E-state index contributed by atoms with van der Waals surface area (Å²) in [5.41, 5.74) is 1.53. The third kappa shape index (κ3) is 6.37. The van der Waals surface area contributed by atoms with E-state index in [0.717, 1.165) is 37.1 Å². The Kier molecular flexibility index (Phi) is 5.31. The van der Waals surface area contributed by atoms with Crippen molar-refractivity contribution in [1.29, 1.82) is 5.41 Å². The van der Waals surface area contributed by atoms with Gasteiger partial charge in [0, 0.05) is 18.0 Å². The molecule has 1 fully saturated rings. The average Bonchev–Trinajstić information content (AvgIpc) is 2.24. The number of alkyl carbamates (subject to hydrolysis) is 1. The molecule has 0 bridgehead atoms. The van der Waals surface area contributed by atoms with Crippen LogP contribution in [-0.4, -0.2) is 36.2 Å². The van der Waals surface area contributed by atoms with Crippen LogP contribution < -0.4 is 5.32 Å². The van der Waals surface area contributed by atoms with E-state index in [0.29, 0.717) is 13.1 Å². The number of aliphatic imine (C=N–C) groups is 1. The lowest BCUT2D eigenvalue weighted by atomic mass is 9.97. The minimum absolute atomic E-state index is 0.395. The minimum Gasteiger partial charge on any atom is -0.444 e. The van der Waals surface area contributed by atoms with Gasteiger partial charge in [0.1, 0.15) is 5.60 Å². The number of nitrogens with one attached hydrogen (secondary N) is 2. The molecule has 1 aliphatic rings. The lowest BCUT2D eigenvalue weighted by Gasteiger charge is -2.19. The molecule has 0 aromatic heterocycles. The van der Waals surface area contributed by atoms with Gasteiger partial charge < -0.3 is 15.5 Å². The van der Waals surface area contributed by atoms with Crippen LogP contribution in [0.4, 0.5) is 4.79 Å². The Balaban J connectivity index is 2.16. The number of hydrogen-bond donors (Lipinski definition) is 2. The monoisotopic (exact) mass is 253 g/mol. The Morgan fingerprint density at radius 3 is 2.50 bits per heavy atom. The molecule has 0 aromatic rings. The van der Waals surface area contributed by atoms with E-state index in [1.807, 2.05) is 20.8 Å². The van der Waals surface area contributed by atoms with Crippen LogP contribution >= 0.6 is 0 Å². The van der Waals surface area contributed by atoms with Gasteiger partial charge in [0.05, 0.1) is 6.54 Å². The van der Waals surface area contributed by atoms with E-state index < -0.39 is 11.7 Å². The van der Waals surface area contributed by atoms with Crippen LogP contribution in [0, 0.1) is 5.41 Å².